The third-order valence-electron chi connectivity index (χ3n) is 3.35. The van der Waals surface area contributed by atoms with E-state index in [2.05, 4.69) is 10.6 Å². The van der Waals surface area contributed by atoms with E-state index in [1.807, 2.05) is 18.2 Å². The van der Waals surface area contributed by atoms with Gasteiger partial charge in [-0.25, -0.2) is 0 Å². The van der Waals surface area contributed by atoms with Crippen LogP contribution in [0.25, 0.3) is 0 Å². The van der Waals surface area contributed by atoms with Gasteiger partial charge in [0, 0.05) is 31.5 Å². The fraction of sp³-hybridized carbons (Fsp3) is 0.263. The van der Waals surface area contributed by atoms with Crippen LogP contribution >= 0.6 is 0 Å². The van der Waals surface area contributed by atoms with E-state index in [-0.39, 0.29) is 18.4 Å². The molecule has 0 heterocycles. The molecule has 2 aromatic rings. The van der Waals surface area contributed by atoms with Gasteiger partial charge in [-0.05, 0) is 42.8 Å². The third-order valence-corrected chi connectivity index (χ3v) is 3.35. The predicted octanol–water partition coefficient (Wildman–Crippen LogP) is 2.47. The van der Waals surface area contributed by atoms with E-state index in [1.54, 1.807) is 43.5 Å². The molecule has 6 heteroatoms. The van der Waals surface area contributed by atoms with Gasteiger partial charge in [0.25, 0.3) is 11.8 Å². The Bertz CT molecular complexity index is 672. The van der Waals surface area contributed by atoms with E-state index in [0.717, 1.165) is 6.42 Å². The van der Waals surface area contributed by atoms with Gasteiger partial charge in [0.15, 0.2) is 6.61 Å². The summed E-state index contributed by atoms with van der Waals surface area (Å²) in [6, 6.07) is 15.8. The summed E-state index contributed by atoms with van der Waals surface area (Å²) < 4.78 is 10.3. The molecule has 0 aliphatic heterocycles. The number of para-hydroxylation sites is 1. The summed E-state index contributed by atoms with van der Waals surface area (Å²) in [4.78, 5) is 23.8. The second kappa shape index (κ2) is 10.1. The van der Waals surface area contributed by atoms with Crippen molar-refractivity contribution in [2.75, 3.05) is 32.2 Å². The van der Waals surface area contributed by atoms with Crippen molar-refractivity contribution < 1.29 is 19.1 Å². The van der Waals surface area contributed by atoms with Crippen LogP contribution in [0.4, 0.5) is 5.69 Å². The van der Waals surface area contributed by atoms with Crippen molar-refractivity contribution in [1.82, 2.24) is 5.32 Å². The third kappa shape index (κ3) is 6.64. The SMILES string of the molecule is COCCCNC(=O)c1ccc(NC(=O)COc2ccccc2)cc1. The van der Waals surface area contributed by atoms with Crippen molar-refractivity contribution in [3.05, 3.63) is 60.2 Å². The van der Waals surface area contributed by atoms with Crippen molar-refractivity contribution in [3.8, 4) is 5.75 Å². The fourth-order valence-electron chi connectivity index (χ4n) is 2.09. The number of anilines is 1. The zero-order valence-electron chi connectivity index (χ0n) is 14.2. The molecule has 0 bridgehead atoms. The molecule has 0 saturated carbocycles. The number of rotatable bonds is 9. The number of carbonyl (C=O) groups excluding carboxylic acids is 2. The van der Waals surface area contributed by atoms with E-state index in [4.69, 9.17) is 9.47 Å². The smallest absolute Gasteiger partial charge is 0.262 e. The highest BCUT2D eigenvalue weighted by molar-refractivity contribution is 5.96. The van der Waals surface area contributed by atoms with Crippen molar-refractivity contribution in [1.29, 1.82) is 0 Å². The van der Waals surface area contributed by atoms with Crippen LogP contribution in [-0.2, 0) is 9.53 Å². The molecule has 2 N–H and O–H groups in total. The maximum atomic E-state index is 11.9. The van der Waals surface area contributed by atoms with Crippen LogP contribution in [0.5, 0.6) is 5.75 Å². The summed E-state index contributed by atoms with van der Waals surface area (Å²) in [7, 11) is 1.62. The van der Waals surface area contributed by atoms with Crippen molar-refractivity contribution in [3.63, 3.8) is 0 Å². The van der Waals surface area contributed by atoms with Gasteiger partial charge < -0.3 is 20.1 Å². The molecule has 6 nitrogen and oxygen atoms in total. The second-order valence-electron chi connectivity index (χ2n) is 5.33. The number of nitrogens with one attached hydrogen (secondary N) is 2. The van der Waals surface area contributed by atoms with E-state index >= 15 is 0 Å². The Hall–Kier alpha value is -2.86. The normalized spacial score (nSPS) is 10.1. The molecule has 0 aromatic heterocycles. The quantitative estimate of drug-likeness (QED) is 0.687. The molecule has 0 spiro atoms. The van der Waals surface area contributed by atoms with Gasteiger partial charge >= 0.3 is 0 Å². The summed E-state index contributed by atoms with van der Waals surface area (Å²) in [5.74, 6) is 0.222. The maximum Gasteiger partial charge on any atom is 0.262 e. The summed E-state index contributed by atoms with van der Waals surface area (Å²) in [6.45, 7) is 1.09. The largest absolute Gasteiger partial charge is 0.484 e. The van der Waals surface area contributed by atoms with Gasteiger partial charge in [-0.2, -0.15) is 0 Å². The number of methoxy groups -OCH3 is 1. The van der Waals surface area contributed by atoms with Crippen LogP contribution in [0.2, 0.25) is 0 Å². The Kier molecular flexibility index (Phi) is 7.46. The first kappa shape index (κ1) is 18.5. The van der Waals surface area contributed by atoms with Gasteiger partial charge in [-0.3, -0.25) is 9.59 Å². The van der Waals surface area contributed by atoms with Gasteiger partial charge in [-0.1, -0.05) is 18.2 Å². The number of amides is 2. The second-order valence-corrected chi connectivity index (χ2v) is 5.33. The minimum Gasteiger partial charge on any atom is -0.484 e. The van der Waals surface area contributed by atoms with Crippen molar-refractivity contribution in [2.45, 2.75) is 6.42 Å². The Labute approximate surface area is 147 Å². The Morgan fingerprint density at radius 1 is 1.00 bits per heavy atom. The molecule has 2 rings (SSSR count). The summed E-state index contributed by atoms with van der Waals surface area (Å²) in [5.41, 5.74) is 1.15. The highest BCUT2D eigenvalue weighted by atomic mass is 16.5. The summed E-state index contributed by atoms with van der Waals surface area (Å²) in [5, 5.41) is 5.53. The maximum absolute atomic E-state index is 11.9. The van der Waals surface area contributed by atoms with E-state index in [9.17, 15) is 9.59 Å². The molecular formula is C19H22N2O4. The van der Waals surface area contributed by atoms with Crippen molar-refractivity contribution in [2.24, 2.45) is 0 Å². The lowest BCUT2D eigenvalue weighted by molar-refractivity contribution is -0.118. The molecule has 0 fully saturated rings. The molecule has 2 amide bonds. The van der Waals surface area contributed by atoms with E-state index in [0.29, 0.717) is 30.2 Å². The number of benzene rings is 2. The molecular weight excluding hydrogens is 320 g/mol. The minimum atomic E-state index is -0.263. The number of hydrogen-bond donors (Lipinski definition) is 2. The molecule has 0 unspecified atom stereocenters. The van der Waals surface area contributed by atoms with Crippen LogP contribution < -0.4 is 15.4 Å². The van der Waals surface area contributed by atoms with Gasteiger partial charge in [-0.15, -0.1) is 0 Å². The van der Waals surface area contributed by atoms with Gasteiger partial charge in [0.2, 0.25) is 0 Å². The summed E-state index contributed by atoms with van der Waals surface area (Å²) >= 11 is 0. The Morgan fingerprint density at radius 3 is 2.40 bits per heavy atom. The van der Waals surface area contributed by atoms with Crippen LogP contribution in [0.3, 0.4) is 0 Å². The Morgan fingerprint density at radius 2 is 1.72 bits per heavy atom. The monoisotopic (exact) mass is 342 g/mol. The van der Waals surface area contributed by atoms with E-state index < -0.39 is 0 Å². The first-order valence-electron chi connectivity index (χ1n) is 8.04. The van der Waals surface area contributed by atoms with Crippen LogP contribution in [0.15, 0.2) is 54.6 Å². The van der Waals surface area contributed by atoms with Crippen LogP contribution in [-0.4, -0.2) is 38.7 Å². The van der Waals surface area contributed by atoms with Crippen LogP contribution in [0.1, 0.15) is 16.8 Å². The molecule has 0 aliphatic carbocycles. The highest BCUT2D eigenvalue weighted by Crippen LogP contribution is 2.11. The van der Waals surface area contributed by atoms with Gasteiger partial charge in [0.1, 0.15) is 5.75 Å². The van der Waals surface area contributed by atoms with Crippen molar-refractivity contribution >= 4 is 17.5 Å². The molecule has 0 atom stereocenters. The van der Waals surface area contributed by atoms with Crippen LogP contribution in [0, 0.1) is 0 Å². The molecule has 0 aliphatic rings. The van der Waals surface area contributed by atoms with Gasteiger partial charge in [0.05, 0.1) is 0 Å². The lowest BCUT2D eigenvalue weighted by atomic mass is 10.2. The topological polar surface area (TPSA) is 76.7 Å². The number of carbonyl (C=O) groups is 2. The lowest BCUT2D eigenvalue weighted by Gasteiger charge is -2.08. The Balaban J connectivity index is 1.77. The lowest BCUT2D eigenvalue weighted by Crippen LogP contribution is -2.25. The average molecular weight is 342 g/mol. The molecule has 132 valence electrons. The predicted molar refractivity (Wildman–Crippen MR) is 95.8 cm³/mol. The van der Waals surface area contributed by atoms with E-state index in [1.165, 1.54) is 0 Å². The fourth-order valence-corrected chi connectivity index (χ4v) is 2.09. The highest BCUT2D eigenvalue weighted by Gasteiger charge is 2.07. The minimum absolute atomic E-state index is 0.0776. The first-order valence-corrected chi connectivity index (χ1v) is 8.04. The molecule has 25 heavy (non-hydrogen) atoms. The molecule has 2 aromatic carbocycles. The zero-order valence-corrected chi connectivity index (χ0v) is 14.2. The summed E-state index contributed by atoms with van der Waals surface area (Å²) in [6.07, 6.45) is 0.762. The number of ether oxygens (including phenoxy) is 2. The molecule has 0 radical (unpaired) electrons. The zero-order chi connectivity index (χ0) is 17.9. The first-order chi connectivity index (χ1) is 12.2. The standard InChI is InChI=1S/C19H22N2O4/c1-24-13-5-12-20-19(23)15-8-10-16(11-9-15)21-18(22)14-25-17-6-3-2-4-7-17/h2-4,6-11H,5,12-14H2,1H3,(H,20,23)(H,21,22). The average Bonchev–Trinajstić information content (AvgIpc) is 2.65. The molecule has 0 saturated heterocycles. The number of hydrogen-bond acceptors (Lipinski definition) is 4.